The van der Waals surface area contributed by atoms with Crippen LogP contribution in [0.2, 0.25) is 0 Å². The molecule has 0 aromatic carbocycles. The molecule has 0 fully saturated rings. The van der Waals surface area contributed by atoms with E-state index in [9.17, 15) is 4.79 Å². The molecule has 0 radical (unpaired) electrons. The van der Waals surface area contributed by atoms with Gasteiger partial charge in [0.25, 0.3) is 0 Å². The Morgan fingerprint density at radius 2 is 2.00 bits per heavy atom. The first-order chi connectivity index (χ1) is 2.81. The van der Waals surface area contributed by atoms with Gasteiger partial charge in [0.1, 0.15) is 0 Å². The van der Waals surface area contributed by atoms with Crippen LogP contribution in [0.25, 0.3) is 0 Å². The molecule has 0 saturated carbocycles. The number of hydrogen-bond donors (Lipinski definition) is 0. The van der Waals surface area contributed by atoms with E-state index >= 15 is 0 Å². The van der Waals surface area contributed by atoms with E-state index < -0.39 is 5.91 Å². The van der Waals surface area contributed by atoms with E-state index in [0.717, 1.165) is 0 Å². The first-order valence-electron chi connectivity index (χ1n) is 1.13. The minimum atomic E-state index is -1.27. The normalized spacial score (nSPS) is 5.71. The first-order valence-corrected chi connectivity index (χ1v) is 1.13. The number of nitroso groups, excluding NO2 is 1. The number of carbonyl (C=O) groups is 2. The van der Waals surface area contributed by atoms with Gasteiger partial charge in [-0.2, -0.15) is 0 Å². The van der Waals surface area contributed by atoms with Gasteiger partial charge < -0.3 is 0 Å². The third-order valence-electron chi connectivity index (χ3n) is 0.191. The fourth-order valence-electron chi connectivity index (χ4n) is 0.0215. The Labute approximate surface area is 82.0 Å². The Kier molecular flexibility index (Phi) is 9.90. The van der Waals surface area contributed by atoms with Gasteiger partial charge in [-0.15, -0.1) is 4.91 Å². The van der Waals surface area contributed by atoms with Gasteiger partial charge in [0.15, 0.2) is 0 Å². The minimum absolute atomic E-state index is 0. The van der Waals surface area contributed by atoms with Crippen LogP contribution in [0, 0.1) is 4.91 Å². The van der Waals surface area contributed by atoms with Gasteiger partial charge in [0, 0.05) is 5.18 Å². The van der Waals surface area contributed by atoms with Crippen molar-refractivity contribution in [1.29, 1.82) is 0 Å². The maximum absolute atomic E-state index is 9.33. The summed E-state index contributed by atoms with van der Waals surface area (Å²) in [5.74, 6) is -1.27. The molecule has 0 aliphatic heterocycles. The van der Waals surface area contributed by atoms with Crippen LogP contribution in [-0.2, 0) is 9.59 Å². The molecule has 1 amide bonds. The first kappa shape index (κ1) is 10.5. The molecule has 0 saturated heterocycles. The summed E-state index contributed by atoms with van der Waals surface area (Å²) < 4.78 is 0. The van der Waals surface area contributed by atoms with Gasteiger partial charge in [0.2, 0.25) is 6.29 Å². The molecule has 0 bridgehead atoms. The summed E-state index contributed by atoms with van der Waals surface area (Å²) in [5.41, 5.74) is 0. The summed E-state index contributed by atoms with van der Waals surface area (Å²) in [6, 6.07) is 0. The maximum Gasteiger partial charge on any atom is 1.00 e. The zero-order valence-corrected chi connectivity index (χ0v) is 6.87. The van der Waals surface area contributed by atoms with E-state index in [1.165, 1.54) is 0 Å². The van der Waals surface area contributed by atoms with Gasteiger partial charge in [0.05, 0.1) is 0 Å². The molecule has 0 heterocycles. The molecular formula is C2HKNO3+. The van der Waals surface area contributed by atoms with E-state index in [4.69, 9.17) is 9.70 Å². The Bertz CT molecular complexity index is 80.9. The average molecular weight is 126 g/mol. The van der Waals surface area contributed by atoms with Crippen molar-refractivity contribution in [2.24, 2.45) is 5.18 Å². The van der Waals surface area contributed by atoms with E-state index in [0.29, 0.717) is 0 Å². The van der Waals surface area contributed by atoms with Crippen LogP contribution in [0.4, 0.5) is 0 Å². The second kappa shape index (κ2) is 6.58. The Morgan fingerprint density at radius 3 is 2.00 bits per heavy atom. The summed E-state index contributed by atoms with van der Waals surface area (Å²) in [6.07, 6.45) is -0.146. The molecule has 0 spiro atoms. The third-order valence-corrected chi connectivity index (χ3v) is 0.191. The largest absolute Gasteiger partial charge is 1.00 e. The fourth-order valence-corrected chi connectivity index (χ4v) is 0.0215. The Morgan fingerprint density at radius 1 is 1.57 bits per heavy atom. The van der Waals surface area contributed by atoms with Crippen LogP contribution < -0.4 is 51.4 Å². The predicted molar refractivity (Wildman–Crippen MR) is 16.9 cm³/mol. The molecule has 0 aliphatic rings. The van der Waals surface area contributed by atoms with Crippen molar-refractivity contribution in [3.05, 3.63) is 4.91 Å². The maximum atomic E-state index is 9.33. The van der Waals surface area contributed by atoms with Gasteiger partial charge in [-0.3, -0.25) is 9.59 Å². The summed E-state index contributed by atoms with van der Waals surface area (Å²) in [6.45, 7) is 0. The summed E-state index contributed by atoms with van der Waals surface area (Å²) in [7, 11) is 0. The standard InChI is InChI=1S/C2HNO3.K/c4-1-2(5)3-6;/h1H;/q;+1. The van der Waals surface area contributed by atoms with Crippen molar-refractivity contribution in [2.45, 2.75) is 0 Å². The van der Waals surface area contributed by atoms with Crippen LogP contribution in [-0.4, -0.2) is 12.2 Å². The monoisotopic (exact) mass is 126 g/mol. The number of nitrogens with zero attached hydrogens (tertiary/aromatic N) is 1. The molecule has 0 rings (SSSR count). The molecule has 4 nitrogen and oxygen atoms in total. The van der Waals surface area contributed by atoms with Gasteiger partial charge in [-0.05, 0) is 0 Å². The average Bonchev–Trinajstić information content (AvgIpc) is 1.65. The molecule has 0 unspecified atom stereocenters. The Hall–Kier alpha value is 0.576. The summed E-state index contributed by atoms with van der Waals surface area (Å²) in [5, 5.41) is 1.75. The van der Waals surface area contributed by atoms with E-state index in [1.54, 1.807) is 5.18 Å². The van der Waals surface area contributed by atoms with Crippen molar-refractivity contribution >= 4 is 12.2 Å². The predicted octanol–water partition coefficient (Wildman–Crippen LogP) is -3.52. The molecule has 0 aromatic heterocycles. The summed E-state index contributed by atoms with van der Waals surface area (Å²) in [4.78, 5) is 27.3. The molecule has 32 valence electrons. The number of rotatable bonds is 1. The van der Waals surface area contributed by atoms with Gasteiger partial charge >= 0.3 is 57.3 Å². The molecule has 0 atom stereocenters. The van der Waals surface area contributed by atoms with E-state index in [2.05, 4.69) is 0 Å². The second-order valence-corrected chi connectivity index (χ2v) is 0.547. The Balaban J connectivity index is 0. The molecule has 7 heavy (non-hydrogen) atoms. The SMILES string of the molecule is O=CC(=O)N=O.[K+]. The van der Waals surface area contributed by atoms with Crippen LogP contribution in [0.15, 0.2) is 5.18 Å². The van der Waals surface area contributed by atoms with Crippen molar-refractivity contribution < 1.29 is 61.0 Å². The zero-order chi connectivity index (χ0) is 4.99. The van der Waals surface area contributed by atoms with Gasteiger partial charge in [-0.1, -0.05) is 0 Å². The third kappa shape index (κ3) is 6.58. The van der Waals surface area contributed by atoms with Gasteiger partial charge in [-0.25, -0.2) is 0 Å². The number of aldehydes is 1. The minimum Gasteiger partial charge on any atom is -0.292 e. The second-order valence-electron chi connectivity index (χ2n) is 0.547. The molecule has 0 aromatic rings. The topological polar surface area (TPSA) is 63.6 Å². The molecular weight excluding hydrogens is 125 g/mol. The smallest absolute Gasteiger partial charge is 0.292 e. The van der Waals surface area contributed by atoms with E-state index in [1.807, 2.05) is 0 Å². The number of hydrogen-bond acceptors (Lipinski definition) is 3. The van der Waals surface area contributed by atoms with Crippen LogP contribution in [0.3, 0.4) is 0 Å². The van der Waals surface area contributed by atoms with Crippen molar-refractivity contribution in [3.8, 4) is 0 Å². The van der Waals surface area contributed by atoms with E-state index in [-0.39, 0.29) is 57.7 Å². The van der Waals surface area contributed by atoms with Crippen molar-refractivity contribution in [3.63, 3.8) is 0 Å². The molecule has 5 heteroatoms. The molecule has 0 N–H and O–H groups in total. The number of amides is 1. The zero-order valence-electron chi connectivity index (χ0n) is 3.75. The number of carbonyl (C=O) groups excluding carboxylic acids is 2. The van der Waals surface area contributed by atoms with Crippen LogP contribution in [0.5, 0.6) is 0 Å². The van der Waals surface area contributed by atoms with Crippen molar-refractivity contribution in [1.82, 2.24) is 0 Å². The van der Waals surface area contributed by atoms with Crippen molar-refractivity contribution in [2.75, 3.05) is 0 Å². The summed E-state index contributed by atoms with van der Waals surface area (Å²) >= 11 is 0. The quantitative estimate of drug-likeness (QED) is 0.158. The van der Waals surface area contributed by atoms with Crippen LogP contribution in [0.1, 0.15) is 0 Å². The fraction of sp³-hybridized carbons (Fsp3) is 0. The van der Waals surface area contributed by atoms with Crippen LogP contribution >= 0.6 is 0 Å². The molecule has 0 aliphatic carbocycles.